The minimum Gasteiger partial charge on any atom is -0.350 e. The van der Waals surface area contributed by atoms with E-state index in [1.165, 1.54) is 4.90 Å². The first-order valence-corrected chi connectivity index (χ1v) is 10.4. The number of likely N-dealkylation sites (tertiary alicyclic amines) is 1. The molecule has 0 unspecified atom stereocenters. The van der Waals surface area contributed by atoms with Gasteiger partial charge in [-0.3, -0.25) is 14.5 Å². The SMILES string of the molecule is CCc1noc(-c2[nH]c3ccc(CCN4C(=O)CCC4=O)cc3c2CCN(C)C)n1. The number of nitrogens with one attached hydrogen (secondary N) is 1. The molecule has 0 bridgehead atoms. The summed E-state index contributed by atoms with van der Waals surface area (Å²) in [5, 5.41) is 5.15. The molecule has 2 amide bonds. The van der Waals surface area contributed by atoms with E-state index in [2.05, 4.69) is 26.1 Å². The van der Waals surface area contributed by atoms with Gasteiger partial charge in [0.15, 0.2) is 5.82 Å². The summed E-state index contributed by atoms with van der Waals surface area (Å²) in [6.45, 7) is 3.31. The van der Waals surface area contributed by atoms with Crippen molar-refractivity contribution in [2.75, 3.05) is 27.2 Å². The Bertz CT molecular complexity index is 1070. The Balaban J connectivity index is 1.66. The monoisotopic (exact) mass is 409 g/mol. The topological polar surface area (TPSA) is 95.3 Å². The fraction of sp³-hybridized carbons (Fsp3) is 0.455. The lowest BCUT2D eigenvalue weighted by atomic mass is 10.0. The lowest BCUT2D eigenvalue weighted by molar-refractivity contribution is -0.138. The van der Waals surface area contributed by atoms with Gasteiger partial charge in [0.2, 0.25) is 11.8 Å². The number of carbonyl (C=O) groups is 2. The van der Waals surface area contributed by atoms with Crippen molar-refractivity contribution in [3.8, 4) is 11.6 Å². The summed E-state index contributed by atoms with van der Waals surface area (Å²) in [6, 6.07) is 6.22. The van der Waals surface area contributed by atoms with Crippen molar-refractivity contribution in [1.82, 2.24) is 24.9 Å². The molecule has 1 aliphatic heterocycles. The van der Waals surface area contributed by atoms with Crippen LogP contribution in [0.1, 0.15) is 36.7 Å². The number of likely N-dealkylation sites (N-methyl/N-ethyl adjacent to an activating group) is 1. The zero-order valence-electron chi connectivity index (χ0n) is 17.7. The smallest absolute Gasteiger partial charge is 0.274 e. The van der Waals surface area contributed by atoms with Crippen molar-refractivity contribution in [2.24, 2.45) is 0 Å². The Kier molecular flexibility index (Phi) is 5.67. The second kappa shape index (κ2) is 8.39. The quantitative estimate of drug-likeness (QED) is 0.575. The van der Waals surface area contributed by atoms with E-state index < -0.39 is 0 Å². The molecule has 2 aromatic heterocycles. The summed E-state index contributed by atoms with van der Waals surface area (Å²) >= 11 is 0. The number of hydrogen-bond acceptors (Lipinski definition) is 6. The second-order valence-electron chi connectivity index (χ2n) is 7.97. The predicted octanol–water partition coefficient (Wildman–Crippen LogP) is 2.58. The molecule has 4 rings (SSSR count). The molecule has 0 aliphatic carbocycles. The molecule has 1 fully saturated rings. The Morgan fingerprint density at radius 1 is 1.17 bits per heavy atom. The Morgan fingerprint density at radius 2 is 1.93 bits per heavy atom. The lowest BCUT2D eigenvalue weighted by Gasteiger charge is -2.13. The molecule has 0 saturated carbocycles. The molecule has 3 heterocycles. The summed E-state index contributed by atoms with van der Waals surface area (Å²) in [4.78, 5) is 35.2. The van der Waals surface area contributed by atoms with Crippen LogP contribution in [0.2, 0.25) is 0 Å². The van der Waals surface area contributed by atoms with Crippen molar-refractivity contribution in [3.05, 3.63) is 35.2 Å². The van der Waals surface area contributed by atoms with E-state index in [0.29, 0.717) is 37.5 Å². The molecule has 1 aliphatic rings. The molecule has 1 N–H and O–H groups in total. The second-order valence-corrected chi connectivity index (χ2v) is 7.97. The molecule has 0 spiro atoms. The molecule has 158 valence electrons. The number of nitrogens with zero attached hydrogens (tertiary/aromatic N) is 4. The molecular weight excluding hydrogens is 382 g/mol. The number of aromatic nitrogens is 3. The fourth-order valence-electron chi connectivity index (χ4n) is 3.84. The average molecular weight is 409 g/mol. The molecule has 1 aromatic carbocycles. The van der Waals surface area contributed by atoms with Crippen LogP contribution in [0, 0.1) is 0 Å². The number of amides is 2. The van der Waals surface area contributed by atoms with Crippen LogP contribution in [0.5, 0.6) is 0 Å². The van der Waals surface area contributed by atoms with Crippen molar-refractivity contribution >= 4 is 22.7 Å². The van der Waals surface area contributed by atoms with Crippen LogP contribution in [0.3, 0.4) is 0 Å². The molecule has 0 atom stereocenters. The van der Waals surface area contributed by atoms with Gasteiger partial charge in [0.1, 0.15) is 5.69 Å². The summed E-state index contributed by atoms with van der Waals surface area (Å²) < 4.78 is 5.50. The number of H-pyrrole nitrogens is 1. The minimum absolute atomic E-state index is 0.0696. The standard InChI is InChI=1S/C22H27N5O3/c1-4-18-24-22(30-25-18)21-15(10-11-26(2)3)16-13-14(5-6-17(16)23-21)9-12-27-19(28)7-8-20(27)29/h5-6,13,23H,4,7-12H2,1-3H3. The number of fused-ring (bicyclic) bond motifs is 1. The van der Waals surface area contributed by atoms with Gasteiger partial charge in [-0.25, -0.2) is 0 Å². The number of aromatic amines is 1. The van der Waals surface area contributed by atoms with E-state index in [9.17, 15) is 9.59 Å². The Hall–Kier alpha value is -3.00. The number of rotatable bonds is 8. The highest BCUT2D eigenvalue weighted by Gasteiger charge is 2.28. The maximum absolute atomic E-state index is 11.9. The van der Waals surface area contributed by atoms with Crippen LogP contribution in [0.15, 0.2) is 22.7 Å². The molecule has 1 saturated heterocycles. The number of hydrogen-bond donors (Lipinski definition) is 1. The van der Waals surface area contributed by atoms with E-state index in [4.69, 9.17) is 4.52 Å². The normalized spacial score (nSPS) is 14.6. The number of carbonyl (C=O) groups excluding carboxylic acids is 2. The zero-order chi connectivity index (χ0) is 21.3. The van der Waals surface area contributed by atoms with E-state index in [1.54, 1.807) is 0 Å². The van der Waals surface area contributed by atoms with E-state index >= 15 is 0 Å². The molecule has 0 radical (unpaired) electrons. The summed E-state index contributed by atoms with van der Waals surface area (Å²) in [5.41, 5.74) is 4.10. The van der Waals surface area contributed by atoms with Gasteiger partial charge in [0.05, 0.1) is 0 Å². The highest BCUT2D eigenvalue weighted by atomic mass is 16.5. The van der Waals surface area contributed by atoms with Crippen LogP contribution in [0.25, 0.3) is 22.5 Å². The Labute approximate surface area is 175 Å². The van der Waals surface area contributed by atoms with Gasteiger partial charge >= 0.3 is 0 Å². The van der Waals surface area contributed by atoms with Gasteiger partial charge in [-0.2, -0.15) is 4.98 Å². The van der Waals surface area contributed by atoms with Gasteiger partial charge in [0.25, 0.3) is 5.89 Å². The molecular formula is C22H27N5O3. The highest BCUT2D eigenvalue weighted by molar-refractivity contribution is 6.01. The van der Waals surface area contributed by atoms with Crippen LogP contribution in [0.4, 0.5) is 0 Å². The summed E-state index contributed by atoms with van der Waals surface area (Å²) in [5.74, 6) is 1.05. The van der Waals surface area contributed by atoms with Gasteiger partial charge < -0.3 is 14.4 Å². The first-order valence-electron chi connectivity index (χ1n) is 10.4. The third kappa shape index (κ3) is 4.00. The molecule has 30 heavy (non-hydrogen) atoms. The van der Waals surface area contributed by atoms with E-state index in [1.807, 2.05) is 33.2 Å². The Morgan fingerprint density at radius 3 is 2.60 bits per heavy atom. The summed E-state index contributed by atoms with van der Waals surface area (Å²) in [7, 11) is 4.10. The van der Waals surface area contributed by atoms with Crippen molar-refractivity contribution < 1.29 is 14.1 Å². The van der Waals surface area contributed by atoms with Crippen LogP contribution in [-0.2, 0) is 28.9 Å². The highest BCUT2D eigenvalue weighted by Crippen LogP contribution is 2.31. The first kappa shape index (κ1) is 20.3. The maximum Gasteiger partial charge on any atom is 0.274 e. The van der Waals surface area contributed by atoms with Crippen LogP contribution >= 0.6 is 0 Å². The molecule has 3 aromatic rings. The van der Waals surface area contributed by atoms with Gasteiger partial charge in [-0.1, -0.05) is 18.1 Å². The van der Waals surface area contributed by atoms with E-state index in [-0.39, 0.29) is 11.8 Å². The number of imide groups is 1. The van der Waals surface area contributed by atoms with Gasteiger partial charge in [-0.15, -0.1) is 0 Å². The van der Waals surface area contributed by atoms with Gasteiger partial charge in [-0.05, 0) is 50.2 Å². The third-order valence-corrected chi connectivity index (χ3v) is 5.56. The van der Waals surface area contributed by atoms with Crippen molar-refractivity contribution in [3.63, 3.8) is 0 Å². The largest absolute Gasteiger partial charge is 0.350 e. The van der Waals surface area contributed by atoms with Crippen molar-refractivity contribution in [2.45, 2.75) is 39.0 Å². The maximum atomic E-state index is 11.9. The minimum atomic E-state index is -0.0696. The van der Waals surface area contributed by atoms with E-state index in [0.717, 1.165) is 47.1 Å². The average Bonchev–Trinajstić information content (AvgIpc) is 3.42. The molecule has 8 nitrogen and oxygen atoms in total. The van der Waals surface area contributed by atoms with Crippen LogP contribution < -0.4 is 0 Å². The predicted molar refractivity (Wildman–Crippen MR) is 113 cm³/mol. The van der Waals surface area contributed by atoms with Crippen molar-refractivity contribution in [1.29, 1.82) is 0 Å². The summed E-state index contributed by atoms with van der Waals surface area (Å²) in [6.07, 6.45) is 2.85. The number of aryl methyl sites for hydroxylation is 1. The first-order chi connectivity index (χ1) is 14.5. The number of benzene rings is 1. The van der Waals surface area contributed by atoms with Crippen LogP contribution in [-0.4, -0.2) is 63.9 Å². The zero-order valence-corrected chi connectivity index (χ0v) is 17.7. The molecule has 8 heteroatoms. The fourth-order valence-corrected chi connectivity index (χ4v) is 3.84. The lowest BCUT2D eigenvalue weighted by Crippen LogP contribution is -2.31. The third-order valence-electron chi connectivity index (χ3n) is 5.56. The van der Waals surface area contributed by atoms with Gasteiger partial charge in [0, 0.05) is 43.3 Å².